The maximum atomic E-state index is 14.5. The Kier molecular flexibility index (Phi) is 9.02. The van der Waals surface area contributed by atoms with Crippen LogP contribution in [0, 0.1) is 36.5 Å². The first-order valence-electron chi connectivity index (χ1n) is 18.2. The lowest BCUT2D eigenvalue weighted by molar-refractivity contribution is -0.181. The van der Waals surface area contributed by atoms with Gasteiger partial charge in [-0.25, -0.2) is 0 Å². The van der Waals surface area contributed by atoms with Gasteiger partial charge in [-0.1, -0.05) is 24.3 Å². The van der Waals surface area contributed by atoms with Crippen molar-refractivity contribution in [3.05, 3.63) is 70.5 Å². The van der Waals surface area contributed by atoms with E-state index in [4.69, 9.17) is 10.2 Å². The average Bonchev–Trinajstić information content (AvgIpc) is 3.54. The quantitative estimate of drug-likeness (QED) is 0.305. The van der Waals surface area contributed by atoms with Crippen molar-refractivity contribution in [1.82, 2.24) is 4.90 Å². The van der Waals surface area contributed by atoms with E-state index in [0.29, 0.717) is 34.4 Å². The summed E-state index contributed by atoms with van der Waals surface area (Å²) in [5.74, 6) is -8.58. The monoisotopic (exact) mass is 709 g/mol. The maximum Gasteiger partial charge on any atom is 0.235 e. The fourth-order valence-corrected chi connectivity index (χ4v) is 9.88. The number of furan rings is 1. The highest BCUT2D eigenvalue weighted by Gasteiger charge is 2.69. The molecule has 52 heavy (non-hydrogen) atoms. The number of ketones is 4. The van der Waals surface area contributed by atoms with E-state index in [1.165, 1.54) is 16.0 Å². The molecule has 0 saturated heterocycles. The van der Waals surface area contributed by atoms with Crippen molar-refractivity contribution in [3.63, 3.8) is 0 Å². The second-order valence-electron chi connectivity index (χ2n) is 15.9. The van der Waals surface area contributed by atoms with Gasteiger partial charge in [0, 0.05) is 32.1 Å². The number of nitrogens with zero attached hydrogens (tertiary/aromatic N) is 2. The third-order valence-corrected chi connectivity index (χ3v) is 12.4. The number of aliphatic hydroxyl groups is 1. The van der Waals surface area contributed by atoms with Gasteiger partial charge in [0.25, 0.3) is 0 Å². The number of benzene rings is 2. The summed E-state index contributed by atoms with van der Waals surface area (Å²) < 4.78 is 6.33. The number of phenolic OH excluding ortho intramolecular Hbond substituents is 1. The normalized spacial score (nSPS) is 30.2. The largest absolute Gasteiger partial charge is 0.506 e. The molecule has 0 aliphatic heterocycles. The van der Waals surface area contributed by atoms with Crippen molar-refractivity contribution in [3.8, 4) is 17.1 Å². The highest BCUT2D eigenvalue weighted by atomic mass is 16.3. The summed E-state index contributed by atoms with van der Waals surface area (Å²) in [6.07, 6.45) is 5.31. The minimum absolute atomic E-state index is 0.00626. The smallest absolute Gasteiger partial charge is 0.235 e. The molecule has 274 valence electrons. The van der Waals surface area contributed by atoms with Crippen molar-refractivity contribution >= 4 is 34.7 Å². The summed E-state index contributed by atoms with van der Waals surface area (Å²) in [7, 11) is 6.78. The van der Waals surface area contributed by atoms with Crippen LogP contribution in [-0.4, -0.2) is 84.0 Å². The van der Waals surface area contributed by atoms with Gasteiger partial charge in [-0.3, -0.25) is 28.9 Å². The summed E-state index contributed by atoms with van der Waals surface area (Å²) in [5, 5.41) is 23.7. The molecule has 11 heteroatoms. The number of amides is 1. The molecule has 4 aliphatic rings. The van der Waals surface area contributed by atoms with Crippen LogP contribution in [-0.2, 0) is 32.0 Å². The zero-order valence-corrected chi connectivity index (χ0v) is 30.3. The lowest BCUT2D eigenvalue weighted by atomic mass is 9.52. The average molecular weight is 710 g/mol. The number of hydrogen-bond donors (Lipinski definition) is 3. The molecule has 3 saturated carbocycles. The first-order chi connectivity index (χ1) is 24.6. The number of phenols is 1. The standard InChI is InChI=1S/C41H47N3O8/c1-20-8-6-7-9-25(20)22-12-10-21(11-13-22)16-24-14-15-30(52-24)27-19-29(43(2)3)26-17-23-18-28-34(44(4)5)37(47)33(40(42)50)39(49)41(28,51)38(48)31(23)36(46)32(26)35(27)45/h6-9,14-15,19,21-23,28,31,33-34,45,51H,10-13,16-18H2,1-5H3,(H2,42,50)/t21?,22?,23-,28-,31?,33?,34-,41-/m1/s1. The lowest BCUT2D eigenvalue weighted by Crippen LogP contribution is -2.74. The third kappa shape index (κ3) is 5.51. The molecular weight excluding hydrogens is 662 g/mol. The van der Waals surface area contributed by atoms with Crippen LogP contribution < -0.4 is 10.6 Å². The van der Waals surface area contributed by atoms with E-state index >= 15 is 0 Å². The molecule has 2 unspecified atom stereocenters. The second kappa shape index (κ2) is 13.1. The number of carbonyl (C=O) groups is 5. The van der Waals surface area contributed by atoms with Crippen LogP contribution in [0.4, 0.5) is 5.69 Å². The molecule has 6 atom stereocenters. The van der Waals surface area contributed by atoms with Crippen LogP contribution >= 0.6 is 0 Å². The van der Waals surface area contributed by atoms with Gasteiger partial charge in [0.1, 0.15) is 17.3 Å². The van der Waals surface area contributed by atoms with Gasteiger partial charge in [-0.15, -0.1) is 0 Å². The van der Waals surface area contributed by atoms with Crippen molar-refractivity contribution in [2.75, 3.05) is 33.1 Å². The number of nitrogens with two attached hydrogens (primary N) is 1. The minimum Gasteiger partial charge on any atom is -0.506 e. The van der Waals surface area contributed by atoms with Gasteiger partial charge < -0.3 is 25.3 Å². The molecule has 0 spiro atoms. The van der Waals surface area contributed by atoms with E-state index in [2.05, 4.69) is 31.2 Å². The molecule has 1 aromatic heterocycles. The zero-order valence-electron chi connectivity index (χ0n) is 30.3. The number of carbonyl (C=O) groups excluding carboxylic acids is 5. The third-order valence-electron chi connectivity index (χ3n) is 12.4. The molecule has 4 aliphatic carbocycles. The van der Waals surface area contributed by atoms with E-state index in [-0.39, 0.29) is 24.2 Å². The van der Waals surface area contributed by atoms with Crippen LogP contribution in [0.3, 0.4) is 0 Å². The summed E-state index contributed by atoms with van der Waals surface area (Å²) in [5.41, 5.74) is 6.87. The molecule has 1 heterocycles. The van der Waals surface area contributed by atoms with Crippen molar-refractivity contribution in [2.24, 2.45) is 35.3 Å². The molecule has 0 bridgehead atoms. The fourth-order valence-electron chi connectivity index (χ4n) is 9.88. The van der Waals surface area contributed by atoms with Gasteiger partial charge in [0.15, 0.2) is 34.7 Å². The van der Waals surface area contributed by atoms with Crippen LogP contribution in [0.1, 0.15) is 70.8 Å². The highest BCUT2D eigenvalue weighted by Crippen LogP contribution is 2.53. The first-order valence-corrected chi connectivity index (χ1v) is 18.2. The predicted molar refractivity (Wildman–Crippen MR) is 193 cm³/mol. The molecule has 0 radical (unpaired) electrons. The molecule has 7 rings (SSSR count). The Morgan fingerprint density at radius 2 is 1.67 bits per heavy atom. The Morgan fingerprint density at radius 3 is 2.31 bits per heavy atom. The van der Waals surface area contributed by atoms with Crippen LogP contribution in [0.25, 0.3) is 11.3 Å². The summed E-state index contributed by atoms with van der Waals surface area (Å²) >= 11 is 0. The topological polar surface area (TPSA) is 171 Å². The first kappa shape index (κ1) is 35.8. The van der Waals surface area contributed by atoms with Gasteiger partial charge in [0.2, 0.25) is 5.91 Å². The fraction of sp³-hybridized carbons (Fsp3) is 0.488. The molecular formula is C41H47N3O8. The highest BCUT2D eigenvalue weighted by molar-refractivity contribution is 6.32. The Hall–Kier alpha value is -4.61. The van der Waals surface area contributed by atoms with Crippen molar-refractivity contribution < 1.29 is 38.6 Å². The van der Waals surface area contributed by atoms with Gasteiger partial charge in [0.05, 0.1) is 23.1 Å². The lowest BCUT2D eigenvalue weighted by Gasteiger charge is -2.52. The van der Waals surface area contributed by atoms with Gasteiger partial charge >= 0.3 is 0 Å². The Bertz CT molecular complexity index is 1990. The molecule has 3 fully saturated rings. The van der Waals surface area contributed by atoms with E-state index in [9.17, 15) is 34.2 Å². The van der Waals surface area contributed by atoms with Gasteiger partial charge in [-0.2, -0.15) is 0 Å². The Balaban J connectivity index is 1.19. The van der Waals surface area contributed by atoms with Crippen LogP contribution in [0.2, 0.25) is 0 Å². The van der Waals surface area contributed by atoms with E-state index in [1.807, 2.05) is 25.1 Å². The van der Waals surface area contributed by atoms with Crippen molar-refractivity contribution in [2.45, 2.75) is 69.4 Å². The Morgan fingerprint density at radius 1 is 0.981 bits per heavy atom. The number of aryl methyl sites for hydroxylation is 1. The van der Waals surface area contributed by atoms with Crippen LogP contribution in [0.15, 0.2) is 46.9 Å². The molecule has 2 aromatic carbocycles. The number of primary amides is 1. The number of likely N-dealkylation sites (N-methyl/N-ethyl adjacent to an activating group) is 1. The van der Waals surface area contributed by atoms with Gasteiger partial charge in [-0.05, 0) is 112 Å². The maximum absolute atomic E-state index is 14.5. The number of aromatic hydroxyl groups is 1. The Labute approximate surface area is 303 Å². The molecule has 3 aromatic rings. The van der Waals surface area contributed by atoms with Crippen molar-refractivity contribution in [1.29, 1.82) is 0 Å². The number of rotatable bonds is 7. The number of anilines is 1. The van der Waals surface area contributed by atoms with E-state index < -0.39 is 64.4 Å². The van der Waals surface area contributed by atoms with E-state index in [1.54, 1.807) is 26.2 Å². The molecule has 4 N–H and O–H groups in total. The number of fused-ring (bicyclic) bond motifs is 3. The summed E-state index contributed by atoms with van der Waals surface area (Å²) in [4.78, 5) is 71.4. The van der Waals surface area contributed by atoms with Crippen LogP contribution in [0.5, 0.6) is 5.75 Å². The SMILES string of the molecule is Cc1ccccc1C1CCC(Cc2ccc(-c3cc(N(C)C)c4c(c3O)C(=O)C3C(=O)[C@@]5(O)C(=O)C(C(N)=O)C(=O)[C@H](N(C)C)[C@H]5C[C@H]3C4)o2)CC1. The molecule has 11 nitrogen and oxygen atoms in total. The number of hydrogen-bond acceptors (Lipinski definition) is 10. The number of Topliss-reactive ketones (excluding diaryl/α,β-unsaturated/α-hetero) is 4. The zero-order chi connectivity index (χ0) is 37.4. The predicted octanol–water partition coefficient (Wildman–Crippen LogP) is 4.02. The molecule has 1 amide bonds. The minimum atomic E-state index is -2.77. The summed E-state index contributed by atoms with van der Waals surface area (Å²) in [6.45, 7) is 2.17. The second-order valence-corrected chi connectivity index (χ2v) is 15.9. The summed E-state index contributed by atoms with van der Waals surface area (Å²) in [6, 6.07) is 12.9. The van der Waals surface area contributed by atoms with E-state index in [0.717, 1.165) is 37.9 Å².